The number of halogens is 3. The molecule has 0 aliphatic carbocycles. The molecule has 0 saturated carbocycles. The van der Waals surface area contributed by atoms with Crippen LogP contribution in [0.1, 0.15) is 11.1 Å². The van der Waals surface area contributed by atoms with Crippen LogP contribution in [0.5, 0.6) is 0 Å². The fourth-order valence-corrected chi connectivity index (χ4v) is 2.76. The van der Waals surface area contributed by atoms with Crippen molar-refractivity contribution in [2.45, 2.75) is 11.9 Å². The minimum absolute atomic E-state index is 0.527. The van der Waals surface area contributed by atoms with Crippen LogP contribution in [-0.2, 0) is 11.9 Å². The van der Waals surface area contributed by atoms with Gasteiger partial charge in [0.05, 0.1) is 0 Å². The molecule has 0 bridgehead atoms. The first-order valence-electron chi connectivity index (χ1n) is 3.53. The first kappa shape index (κ1) is 10.4. The van der Waals surface area contributed by atoms with Crippen molar-refractivity contribution in [1.82, 2.24) is 0 Å². The van der Waals surface area contributed by atoms with Gasteiger partial charge in [-0.2, -0.15) is 0 Å². The molecule has 12 heavy (non-hydrogen) atoms. The maximum atomic E-state index is 5.77. The molecule has 0 nitrogen and oxygen atoms in total. The van der Waals surface area contributed by atoms with Gasteiger partial charge in [-0.15, -0.1) is 33.8 Å². The van der Waals surface area contributed by atoms with Gasteiger partial charge in [0.25, 0.3) is 7.42 Å². The molecule has 4 heteroatoms. The third-order valence-corrected chi connectivity index (χ3v) is 3.32. The molecule has 0 saturated heterocycles. The van der Waals surface area contributed by atoms with Crippen LogP contribution < -0.4 is 0 Å². The Morgan fingerprint density at radius 1 is 1.08 bits per heavy atom. The van der Waals surface area contributed by atoms with E-state index in [0.29, 0.717) is 5.88 Å². The quantitative estimate of drug-likeness (QED) is 0.430. The van der Waals surface area contributed by atoms with Crippen molar-refractivity contribution in [3.05, 3.63) is 35.4 Å². The summed E-state index contributed by atoms with van der Waals surface area (Å²) in [7, 11) is -1.23. The Morgan fingerprint density at radius 2 is 1.67 bits per heavy atom. The van der Waals surface area contributed by atoms with E-state index in [1.807, 2.05) is 24.3 Å². The topological polar surface area (TPSA) is 0 Å². The third-order valence-electron chi connectivity index (χ3n) is 1.59. The molecule has 0 unspecified atom stereocenters. The minimum atomic E-state index is -1.23. The van der Waals surface area contributed by atoms with Gasteiger partial charge in [0, 0.05) is 5.88 Å². The van der Waals surface area contributed by atoms with Crippen molar-refractivity contribution in [3.63, 3.8) is 0 Å². The van der Waals surface area contributed by atoms with E-state index in [1.165, 1.54) is 5.56 Å². The molecule has 0 aliphatic heterocycles. The summed E-state index contributed by atoms with van der Waals surface area (Å²) in [6.45, 7) is 0. The molecule has 1 rings (SSSR count). The molecule has 0 spiro atoms. The molecule has 0 fully saturated rings. The molecule has 65 valence electrons. The van der Waals surface area contributed by atoms with Crippen LogP contribution in [0, 0.1) is 0 Å². The van der Waals surface area contributed by atoms with E-state index < -0.39 is 7.42 Å². The SMILES string of the molecule is ClCc1ccccc1C[Si](Cl)Cl. The number of hydrogen-bond acceptors (Lipinski definition) is 0. The lowest BCUT2D eigenvalue weighted by molar-refractivity contribution is 1.26. The number of hydrogen-bond donors (Lipinski definition) is 0. The van der Waals surface area contributed by atoms with Gasteiger partial charge in [-0.25, -0.2) is 0 Å². The van der Waals surface area contributed by atoms with Crippen LogP contribution in [-0.4, -0.2) is 7.42 Å². The van der Waals surface area contributed by atoms with Gasteiger partial charge >= 0.3 is 0 Å². The summed E-state index contributed by atoms with van der Waals surface area (Å²) in [5.74, 6) is 0.527. The molecule has 0 heterocycles. The molecule has 0 aromatic heterocycles. The van der Waals surface area contributed by atoms with Gasteiger partial charge in [-0.05, 0) is 17.2 Å². The Hall–Kier alpha value is 0.307. The number of rotatable bonds is 3. The van der Waals surface area contributed by atoms with E-state index in [9.17, 15) is 0 Å². The summed E-state index contributed by atoms with van der Waals surface area (Å²) >= 11 is 17.3. The zero-order valence-electron chi connectivity index (χ0n) is 6.36. The summed E-state index contributed by atoms with van der Waals surface area (Å²) < 4.78 is 0. The Kier molecular flexibility index (Phi) is 4.44. The van der Waals surface area contributed by atoms with Crippen molar-refractivity contribution < 1.29 is 0 Å². The van der Waals surface area contributed by atoms with Crippen LogP contribution >= 0.6 is 33.8 Å². The predicted octanol–water partition coefficient (Wildman–Crippen LogP) is 3.47. The lowest BCUT2D eigenvalue weighted by Crippen LogP contribution is -2.02. The lowest BCUT2D eigenvalue weighted by Gasteiger charge is -2.04. The zero-order valence-corrected chi connectivity index (χ0v) is 9.63. The van der Waals surface area contributed by atoms with Crippen LogP contribution in [0.25, 0.3) is 0 Å². The largest absolute Gasteiger partial charge is 0.278 e. The summed E-state index contributed by atoms with van der Waals surface area (Å²) in [6.07, 6.45) is 0. The highest BCUT2D eigenvalue weighted by Crippen LogP contribution is 2.15. The fraction of sp³-hybridized carbons (Fsp3) is 0.250. The normalized spacial score (nSPS) is 10.7. The smallest absolute Gasteiger partial charge is 0.146 e. The first-order chi connectivity index (χ1) is 5.74. The average molecular weight is 239 g/mol. The standard InChI is InChI=1S/C8H8Cl3Si/c9-5-7-3-1-2-4-8(7)6-12(10)11/h1-4H,5-6H2. The van der Waals surface area contributed by atoms with Crippen LogP contribution in [0.15, 0.2) is 24.3 Å². The summed E-state index contributed by atoms with van der Waals surface area (Å²) in [6, 6.07) is 8.73. The highest BCUT2D eigenvalue weighted by Gasteiger charge is 2.07. The zero-order chi connectivity index (χ0) is 8.97. The van der Waals surface area contributed by atoms with Crippen LogP contribution in [0.4, 0.5) is 0 Å². The van der Waals surface area contributed by atoms with Gasteiger partial charge in [-0.1, -0.05) is 24.3 Å². The first-order valence-corrected chi connectivity index (χ1v) is 7.80. The molecule has 1 aromatic rings. The van der Waals surface area contributed by atoms with E-state index >= 15 is 0 Å². The Balaban J connectivity index is 2.82. The van der Waals surface area contributed by atoms with Crippen molar-refractivity contribution in [2.75, 3.05) is 0 Å². The van der Waals surface area contributed by atoms with Crippen molar-refractivity contribution in [2.24, 2.45) is 0 Å². The molecule has 0 atom stereocenters. The molecule has 0 amide bonds. The molecule has 0 N–H and O–H groups in total. The van der Waals surface area contributed by atoms with Crippen molar-refractivity contribution in [1.29, 1.82) is 0 Å². The average Bonchev–Trinajstić information content (AvgIpc) is 2.04. The third kappa shape index (κ3) is 2.98. The summed E-state index contributed by atoms with van der Waals surface area (Å²) in [5.41, 5.74) is 2.30. The van der Waals surface area contributed by atoms with Crippen molar-refractivity contribution in [3.8, 4) is 0 Å². The molecule has 1 aromatic carbocycles. The Bertz CT molecular complexity index is 250. The summed E-state index contributed by atoms with van der Waals surface area (Å²) in [4.78, 5) is 0. The molecule has 0 aliphatic rings. The number of benzene rings is 1. The Morgan fingerprint density at radius 3 is 2.17 bits per heavy atom. The highest BCUT2D eigenvalue weighted by atomic mass is 35.7. The van der Waals surface area contributed by atoms with E-state index in [4.69, 9.17) is 33.8 Å². The monoisotopic (exact) mass is 237 g/mol. The summed E-state index contributed by atoms with van der Waals surface area (Å²) in [5, 5.41) is 0. The van der Waals surface area contributed by atoms with Gasteiger partial charge < -0.3 is 0 Å². The highest BCUT2D eigenvalue weighted by molar-refractivity contribution is 7.33. The lowest BCUT2D eigenvalue weighted by atomic mass is 10.1. The maximum Gasteiger partial charge on any atom is 0.278 e. The Labute approximate surface area is 88.5 Å². The van der Waals surface area contributed by atoms with Crippen LogP contribution in [0.3, 0.4) is 0 Å². The number of alkyl halides is 1. The van der Waals surface area contributed by atoms with Crippen molar-refractivity contribution >= 4 is 41.2 Å². The van der Waals surface area contributed by atoms with Gasteiger partial charge in [0.15, 0.2) is 0 Å². The molecular weight excluding hydrogens is 231 g/mol. The fourth-order valence-electron chi connectivity index (χ4n) is 1.00. The maximum absolute atomic E-state index is 5.77. The minimum Gasteiger partial charge on any atom is -0.146 e. The second-order valence-electron chi connectivity index (χ2n) is 2.42. The predicted molar refractivity (Wildman–Crippen MR) is 57.2 cm³/mol. The van der Waals surface area contributed by atoms with Crippen LogP contribution in [0.2, 0.25) is 0 Å². The van der Waals surface area contributed by atoms with E-state index in [1.54, 1.807) is 0 Å². The van der Waals surface area contributed by atoms with Gasteiger partial charge in [-0.3, -0.25) is 0 Å². The van der Waals surface area contributed by atoms with E-state index in [2.05, 4.69) is 0 Å². The second-order valence-corrected chi connectivity index (χ2v) is 7.03. The molecular formula is C8H8Cl3Si. The van der Waals surface area contributed by atoms with E-state index in [-0.39, 0.29) is 0 Å². The van der Waals surface area contributed by atoms with Gasteiger partial charge in [0.2, 0.25) is 0 Å². The second kappa shape index (κ2) is 5.13. The van der Waals surface area contributed by atoms with E-state index in [0.717, 1.165) is 11.6 Å². The molecule has 1 radical (unpaired) electrons. The van der Waals surface area contributed by atoms with Gasteiger partial charge in [0.1, 0.15) is 0 Å².